The molecule has 2 aromatic rings. The summed E-state index contributed by atoms with van der Waals surface area (Å²) in [5.74, 6) is 0.251. The van der Waals surface area contributed by atoms with Crippen LogP contribution < -0.4 is 5.73 Å². The molecule has 0 spiro atoms. The van der Waals surface area contributed by atoms with Crippen LogP contribution in [0, 0.1) is 5.82 Å². The Morgan fingerprint density at radius 3 is 2.88 bits per heavy atom. The first-order valence-corrected chi connectivity index (χ1v) is 6.02. The summed E-state index contributed by atoms with van der Waals surface area (Å²) in [4.78, 5) is 0. The third-order valence-electron chi connectivity index (χ3n) is 2.29. The van der Waals surface area contributed by atoms with Crippen molar-refractivity contribution in [2.24, 2.45) is 12.8 Å². The topological polar surface area (TPSA) is 69.6 Å². The van der Waals surface area contributed by atoms with E-state index in [1.165, 1.54) is 17.8 Å². The van der Waals surface area contributed by atoms with Gasteiger partial charge in [-0.1, -0.05) is 23.9 Å². The summed E-state index contributed by atoms with van der Waals surface area (Å²) in [6, 6.07) is 5.03. The number of hydrogen-bond donors (Lipinski definition) is 1. The van der Waals surface area contributed by atoms with Crippen LogP contribution in [0.1, 0.15) is 11.1 Å². The van der Waals surface area contributed by atoms with Gasteiger partial charge in [0.1, 0.15) is 5.82 Å². The lowest BCUT2D eigenvalue weighted by Crippen LogP contribution is -1.99. The summed E-state index contributed by atoms with van der Waals surface area (Å²) < 4.78 is 15.2. The van der Waals surface area contributed by atoms with Crippen molar-refractivity contribution in [1.82, 2.24) is 20.2 Å². The number of hydrogen-bond acceptors (Lipinski definition) is 5. The molecule has 1 aromatic carbocycles. The van der Waals surface area contributed by atoms with Crippen LogP contribution in [0.15, 0.2) is 23.4 Å². The van der Waals surface area contributed by atoms with Crippen LogP contribution in [0.4, 0.5) is 4.39 Å². The van der Waals surface area contributed by atoms with Crippen LogP contribution in [-0.2, 0) is 19.3 Å². The highest BCUT2D eigenvalue weighted by molar-refractivity contribution is 7.98. The van der Waals surface area contributed by atoms with Gasteiger partial charge >= 0.3 is 0 Å². The van der Waals surface area contributed by atoms with E-state index in [9.17, 15) is 4.39 Å². The van der Waals surface area contributed by atoms with Gasteiger partial charge in [0, 0.05) is 19.3 Å². The summed E-state index contributed by atoms with van der Waals surface area (Å²) in [6.45, 7) is 0.345. The Kier molecular flexibility index (Phi) is 3.70. The Labute approximate surface area is 102 Å². The molecule has 0 fully saturated rings. The summed E-state index contributed by atoms with van der Waals surface area (Å²) in [5, 5.41) is 11.7. The van der Waals surface area contributed by atoms with E-state index in [1.807, 2.05) is 6.07 Å². The van der Waals surface area contributed by atoms with Crippen molar-refractivity contribution in [2.45, 2.75) is 17.5 Å². The second-order valence-corrected chi connectivity index (χ2v) is 4.45. The molecule has 7 heteroatoms. The number of halogens is 1. The molecule has 2 rings (SSSR count). The Morgan fingerprint density at radius 1 is 1.47 bits per heavy atom. The smallest absolute Gasteiger partial charge is 0.209 e. The second kappa shape index (κ2) is 5.24. The number of thioether (sulfide) groups is 1. The van der Waals surface area contributed by atoms with Gasteiger partial charge in [-0.2, -0.15) is 0 Å². The molecule has 90 valence electrons. The van der Waals surface area contributed by atoms with Crippen molar-refractivity contribution in [3.63, 3.8) is 0 Å². The van der Waals surface area contributed by atoms with E-state index < -0.39 is 0 Å². The lowest BCUT2D eigenvalue weighted by Gasteiger charge is -2.04. The number of aromatic nitrogens is 4. The van der Waals surface area contributed by atoms with Crippen LogP contribution in [0.5, 0.6) is 0 Å². The van der Waals surface area contributed by atoms with Crippen LogP contribution in [0.3, 0.4) is 0 Å². The third kappa shape index (κ3) is 2.80. The van der Waals surface area contributed by atoms with Gasteiger partial charge in [-0.25, -0.2) is 9.07 Å². The number of nitrogens with zero attached hydrogens (tertiary/aromatic N) is 4. The molecule has 5 nitrogen and oxygen atoms in total. The highest BCUT2D eigenvalue weighted by Crippen LogP contribution is 2.21. The van der Waals surface area contributed by atoms with E-state index in [0.717, 1.165) is 5.56 Å². The number of aryl methyl sites for hydroxylation is 1. The lowest BCUT2D eigenvalue weighted by molar-refractivity contribution is 0.614. The molecule has 0 radical (unpaired) electrons. The Hall–Kier alpha value is -1.47. The number of rotatable bonds is 4. The van der Waals surface area contributed by atoms with Gasteiger partial charge in [-0.15, -0.1) is 5.10 Å². The van der Waals surface area contributed by atoms with Crippen LogP contribution >= 0.6 is 11.8 Å². The molecule has 0 saturated carbocycles. The molecule has 0 bridgehead atoms. The predicted molar refractivity (Wildman–Crippen MR) is 62.7 cm³/mol. The highest BCUT2D eigenvalue weighted by atomic mass is 32.2. The van der Waals surface area contributed by atoms with Crippen LogP contribution in [0.25, 0.3) is 0 Å². The molecule has 0 amide bonds. The largest absolute Gasteiger partial charge is 0.326 e. The van der Waals surface area contributed by atoms with Crippen LogP contribution in [0.2, 0.25) is 0 Å². The Morgan fingerprint density at radius 2 is 2.29 bits per heavy atom. The molecule has 0 aliphatic heterocycles. The van der Waals surface area contributed by atoms with E-state index in [4.69, 9.17) is 5.73 Å². The summed E-state index contributed by atoms with van der Waals surface area (Å²) in [7, 11) is 1.75. The average Bonchev–Trinajstić information content (AvgIpc) is 2.73. The minimum absolute atomic E-state index is 0.240. The SMILES string of the molecule is Cn1nnnc1SCc1ccc(CN)cc1F. The van der Waals surface area contributed by atoms with Gasteiger partial charge in [0.05, 0.1) is 0 Å². The zero-order valence-corrected chi connectivity index (χ0v) is 10.1. The maximum Gasteiger partial charge on any atom is 0.209 e. The summed E-state index contributed by atoms with van der Waals surface area (Å²) in [6.07, 6.45) is 0. The maximum absolute atomic E-state index is 13.6. The van der Waals surface area contributed by atoms with E-state index in [1.54, 1.807) is 17.8 Å². The van der Waals surface area contributed by atoms with Crippen molar-refractivity contribution in [3.05, 3.63) is 35.1 Å². The molecular formula is C10H12FN5S. The first kappa shape index (κ1) is 12.0. The molecule has 0 saturated heterocycles. The molecule has 0 atom stereocenters. The van der Waals surface area contributed by atoms with Crippen molar-refractivity contribution in [1.29, 1.82) is 0 Å². The zero-order valence-electron chi connectivity index (χ0n) is 9.30. The fourth-order valence-corrected chi connectivity index (χ4v) is 2.16. The van der Waals surface area contributed by atoms with E-state index in [-0.39, 0.29) is 5.82 Å². The first-order chi connectivity index (χ1) is 8.20. The summed E-state index contributed by atoms with van der Waals surface area (Å²) in [5.41, 5.74) is 6.85. The second-order valence-electron chi connectivity index (χ2n) is 3.50. The highest BCUT2D eigenvalue weighted by Gasteiger charge is 2.07. The van der Waals surface area contributed by atoms with Gasteiger partial charge < -0.3 is 5.73 Å². The standard InChI is InChI=1S/C10H12FN5S/c1-16-10(13-14-15-16)17-6-8-3-2-7(5-12)4-9(8)11/h2-4H,5-6,12H2,1H3. The third-order valence-corrected chi connectivity index (χ3v) is 3.35. The van der Waals surface area contributed by atoms with Crippen molar-refractivity contribution < 1.29 is 4.39 Å². The fourth-order valence-electron chi connectivity index (χ4n) is 1.32. The molecule has 2 N–H and O–H groups in total. The van der Waals surface area contributed by atoms with Gasteiger partial charge in [-0.3, -0.25) is 0 Å². The molecular weight excluding hydrogens is 241 g/mol. The predicted octanol–water partition coefficient (Wildman–Crippen LogP) is 1.10. The van der Waals surface area contributed by atoms with E-state index in [2.05, 4.69) is 15.5 Å². The van der Waals surface area contributed by atoms with Crippen LogP contribution in [-0.4, -0.2) is 20.2 Å². The molecule has 0 aliphatic carbocycles. The minimum Gasteiger partial charge on any atom is -0.326 e. The Balaban J connectivity index is 2.07. The van der Waals surface area contributed by atoms with Crippen molar-refractivity contribution in [2.75, 3.05) is 0 Å². The minimum atomic E-state index is -0.240. The van der Waals surface area contributed by atoms with E-state index >= 15 is 0 Å². The first-order valence-electron chi connectivity index (χ1n) is 5.03. The monoisotopic (exact) mass is 253 g/mol. The summed E-state index contributed by atoms with van der Waals surface area (Å²) >= 11 is 1.39. The quantitative estimate of drug-likeness (QED) is 0.826. The normalized spacial score (nSPS) is 10.8. The average molecular weight is 253 g/mol. The number of benzene rings is 1. The molecule has 1 heterocycles. The van der Waals surface area contributed by atoms with Crippen molar-refractivity contribution in [3.8, 4) is 0 Å². The maximum atomic E-state index is 13.6. The fraction of sp³-hybridized carbons (Fsp3) is 0.300. The molecule has 1 aromatic heterocycles. The zero-order chi connectivity index (χ0) is 12.3. The van der Waals surface area contributed by atoms with Gasteiger partial charge in [0.2, 0.25) is 5.16 Å². The Bertz CT molecular complexity index is 513. The molecule has 17 heavy (non-hydrogen) atoms. The van der Waals surface area contributed by atoms with Crippen molar-refractivity contribution >= 4 is 11.8 Å². The van der Waals surface area contributed by atoms with Gasteiger partial charge in [0.15, 0.2) is 0 Å². The lowest BCUT2D eigenvalue weighted by atomic mass is 10.1. The van der Waals surface area contributed by atoms with Gasteiger partial charge in [0.25, 0.3) is 0 Å². The number of tetrazole rings is 1. The van der Waals surface area contributed by atoms with E-state index in [0.29, 0.717) is 23.0 Å². The van der Waals surface area contributed by atoms with Gasteiger partial charge in [-0.05, 0) is 27.6 Å². The molecule has 0 aliphatic rings. The molecule has 0 unspecified atom stereocenters. The number of nitrogens with two attached hydrogens (primary N) is 1.